The number of Topliss-reactive ketones (excluding diaryl/α,β-unsaturated/α-hetero) is 1. The van der Waals surface area contributed by atoms with Crippen molar-refractivity contribution in [1.82, 2.24) is 9.80 Å². The minimum Gasteiger partial charge on any atom is -0.493 e. The number of likely N-dealkylation sites (N-methyl/N-ethyl adjacent to an activating group) is 2. The molecule has 4 aliphatic heterocycles. The van der Waals surface area contributed by atoms with Gasteiger partial charge in [0.15, 0.2) is 46.0 Å². The molecule has 0 unspecified atom stereocenters. The summed E-state index contributed by atoms with van der Waals surface area (Å²) in [6, 6.07) is 27.6. The number of rotatable bonds is 10. The Labute approximate surface area is 346 Å². The molecule has 10 nitrogen and oxygen atoms in total. The molecule has 304 valence electrons. The number of carbonyl (C=O) groups excluding carboxylic acids is 1. The van der Waals surface area contributed by atoms with Gasteiger partial charge in [0.1, 0.15) is 5.75 Å². The minimum absolute atomic E-state index is 0.0557. The summed E-state index contributed by atoms with van der Waals surface area (Å²) in [5, 5.41) is 10.6. The predicted molar refractivity (Wildman–Crippen MR) is 227 cm³/mol. The smallest absolute Gasteiger partial charge is 0.187 e. The van der Waals surface area contributed by atoms with Crippen molar-refractivity contribution in [2.24, 2.45) is 0 Å². The number of fused-ring (bicyclic) bond motifs is 2. The summed E-state index contributed by atoms with van der Waals surface area (Å²) >= 11 is 0. The standard InChI is InChI=1S/C49H51N3O7/c1-50-37-14-12-33(13-15-37)42(54)8-6-7-23-57-43-18-11-32-25-41-47-35(20-22-52(41)3)27-36(30-53)48(56-5)49(47)59-46-29-39-34(28-44(46)55-4)19-21-51(2)40(39)24-31-9-16-38(17-10-31)58-45(43)26-32/h9-18,26-29,40-41,53H,6-8,19-25,30H2,2-5H3/t40-,41+/m0/s1. The van der Waals surface area contributed by atoms with Crippen LogP contribution in [0.2, 0.25) is 0 Å². The van der Waals surface area contributed by atoms with E-state index in [1.165, 1.54) is 16.7 Å². The molecule has 0 amide bonds. The number of benzene rings is 5. The van der Waals surface area contributed by atoms with Gasteiger partial charge in [-0.1, -0.05) is 42.5 Å². The lowest BCUT2D eigenvalue weighted by Gasteiger charge is -2.37. The van der Waals surface area contributed by atoms with Crippen molar-refractivity contribution in [3.05, 3.63) is 141 Å². The molecule has 4 heterocycles. The molecular formula is C49H51N3O7. The molecule has 2 atom stereocenters. The average Bonchev–Trinajstić information content (AvgIpc) is 3.26. The highest BCUT2D eigenvalue weighted by Crippen LogP contribution is 2.50. The second kappa shape index (κ2) is 17.6. The fraction of sp³-hybridized carbons (Fsp3) is 0.347. The predicted octanol–water partition coefficient (Wildman–Crippen LogP) is 9.62. The van der Waals surface area contributed by atoms with Gasteiger partial charge in [0.25, 0.3) is 0 Å². The monoisotopic (exact) mass is 793 g/mol. The van der Waals surface area contributed by atoms with Crippen LogP contribution in [-0.2, 0) is 32.3 Å². The Hall–Kier alpha value is -5.86. The van der Waals surface area contributed by atoms with E-state index < -0.39 is 0 Å². The molecule has 4 aliphatic rings. The summed E-state index contributed by atoms with van der Waals surface area (Å²) in [7, 11) is 7.63. The van der Waals surface area contributed by atoms with Crippen LogP contribution in [0.15, 0.2) is 84.9 Å². The molecule has 59 heavy (non-hydrogen) atoms. The Morgan fingerprint density at radius 1 is 0.797 bits per heavy atom. The fourth-order valence-corrected chi connectivity index (χ4v) is 8.74. The van der Waals surface area contributed by atoms with Crippen LogP contribution >= 0.6 is 0 Å². The first-order valence-corrected chi connectivity index (χ1v) is 20.4. The maximum atomic E-state index is 12.8. The van der Waals surface area contributed by atoms with Crippen LogP contribution < -0.4 is 23.7 Å². The molecule has 0 saturated carbocycles. The summed E-state index contributed by atoms with van der Waals surface area (Å²) in [5.74, 6) is 4.40. The quantitative estimate of drug-likeness (QED) is 0.0843. The van der Waals surface area contributed by atoms with Gasteiger partial charge in [-0.3, -0.25) is 14.6 Å². The van der Waals surface area contributed by atoms with Crippen molar-refractivity contribution in [1.29, 1.82) is 0 Å². The van der Waals surface area contributed by atoms with Gasteiger partial charge in [0.05, 0.1) is 34.0 Å². The van der Waals surface area contributed by atoms with Crippen LogP contribution in [0.25, 0.3) is 4.85 Å². The molecule has 5 aromatic carbocycles. The Morgan fingerprint density at radius 3 is 2.24 bits per heavy atom. The highest BCUT2D eigenvalue weighted by molar-refractivity contribution is 5.96. The molecule has 10 heteroatoms. The van der Waals surface area contributed by atoms with Crippen molar-refractivity contribution in [3.63, 3.8) is 0 Å². The van der Waals surface area contributed by atoms with Crippen molar-refractivity contribution in [3.8, 4) is 40.2 Å². The summed E-state index contributed by atoms with van der Waals surface area (Å²) in [6.07, 6.45) is 4.89. The molecule has 5 aromatic rings. The minimum atomic E-state index is -0.184. The van der Waals surface area contributed by atoms with E-state index in [-0.39, 0.29) is 24.5 Å². The van der Waals surface area contributed by atoms with Crippen molar-refractivity contribution >= 4 is 11.5 Å². The van der Waals surface area contributed by atoms with Crippen LogP contribution in [0.3, 0.4) is 0 Å². The van der Waals surface area contributed by atoms with Crippen LogP contribution in [0.4, 0.5) is 5.69 Å². The molecular weight excluding hydrogens is 743 g/mol. The Bertz CT molecular complexity index is 2370. The van der Waals surface area contributed by atoms with Gasteiger partial charge in [-0.15, -0.1) is 0 Å². The van der Waals surface area contributed by atoms with Gasteiger partial charge in [-0.2, -0.15) is 0 Å². The van der Waals surface area contributed by atoms with Gasteiger partial charge < -0.3 is 28.8 Å². The zero-order valence-electron chi connectivity index (χ0n) is 34.3. The average molecular weight is 794 g/mol. The third kappa shape index (κ3) is 8.37. The zero-order valence-corrected chi connectivity index (χ0v) is 34.3. The lowest BCUT2D eigenvalue weighted by atomic mass is 9.86. The third-order valence-corrected chi connectivity index (χ3v) is 12.1. The Balaban J connectivity index is 1.15. The number of ether oxygens (including phenoxy) is 5. The molecule has 1 N–H and O–H groups in total. The third-order valence-electron chi connectivity index (χ3n) is 12.1. The van der Waals surface area contributed by atoms with E-state index in [9.17, 15) is 9.90 Å². The van der Waals surface area contributed by atoms with E-state index in [0.717, 1.165) is 49.0 Å². The maximum absolute atomic E-state index is 12.8. The van der Waals surface area contributed by atoms with E-state index in [4.69, 9.17) is 30.3 Å². The molecule has 0 fully saturated rings. The molecule has 0 aromatic heterocycles. The summed E-state index contributed by atoms with van der Waals surface area (Å²) < 4.78 is 32.2. The SMILES string of the molecule is [C-]#[N+]c1ccc(C(=O)CCCCOc2ccc3cc2Oc2ccc(cc2)C[C@H]2c4cc(c(OC)cc4CCN2C)Oc2c(OC)c(CO)cc4c2[C@@H](C3)N(C)CC4)cc1. The summed E-state index contributed by atoms with van der Waals surface area (Å²) in [4.78, 5) is 21.0. The van der Waals surface area contributed by atoms with Gasteiger partial charge in [0.2, 0.25) is 0 Å². The second-order valence-electron chi connectivity index (χ2n) is 15.7. The topological polar surface area (TPSA) is 94.3 Å². The molecule has 9 rings (SSSR count). The van der Waals surface area contributed by atoms with E-state index >= 15 is 0 Å². The number of unbranched alkanes of at least 4 members (excludes halogenated alkanes) is 1. The Morgan fingerprint density at radius 2 is 1.51 bits per heavy atom. The Kier molecular flexibility index (Phi) is 11.9. The number of aliphatic hydroxyl groups excluding tert-OH is 1. The van der Waals surface area contributed by atoms with Crippen LogP contribution in [0.5, 0.6) is 40.2 Å². The van der Waals surface area contributed by atoms with Crippen LogP contribution in [0.1, 0.15) is 80.6 Å². The summed E-state index contributed by atoms with van der Waals surface area (Å²) in [5.41, 5.74) is 8.64. The normalized spacial score (nSPS) is 17.4. The molecule has 6 bridgehead atoms. The number of nitrogens with zero attached hydrogens (tertiary/aromatic N) is 3. The number of carbonyl (C=O) groups is 1. The fourth-order valence-electron chi connectivity index (χ4n) is 8.74. The summed E-state index contributed by atoms with van der Waals surface area (Å²) in [6.45, 7) is 9.14. The van der Waals surface area contributed by atoms with Crippen molar-refractivity contribution in [2.45, 2.75) is 63.6 Å². The van der Waals surface area contributed by atoms with Gasteiger partial charge in [-0.25, -0.2) is 4.85 Å². The number of methoxy groups -OCH3 is 2. The highest BCUT2D eigenvalue weighted by atomic mass is 16.5. The molecule has 0 saturated heterocycles. The first-order chi connectivity index (χ1) is 28.8. The lowest BCUT2D eigenvalue weighted by molar-refractivity contribution is 0.0977. The first-order valence-electron chi connectivity index (χ1n) is 20.4. The maximum Gasteiger partial charge on any atom is 0.187 e. The van der Waals surface area contributed by atoms with E-state index in [0.29, 0.717) is 89.4 Å². The van der Waals surface area contributed by atoms with Gasteiger partial charge in [0, 0.05) is 48.3 Å². The molecule has 0 spiro atoms. The van der Waals surface area contributed by atoms with E-state index in [1.807, 2.05) is 18.2 Å². The number of hydrogen-bond acceptors (Lipinski definition) is 9. The van der Waals surface area contributed by atoms with E-state index in [2.05, 4.69) is 71.2 Å². The lowest BCUT2D eigenvalue weighted by Crippen LogP contribution is -2.34. The number of aliphatic hydroxyl groups is 1. The van der Waals surface area contributed by atoms with Crippen LogP contribution in [-0.4, -0.2) is 68.7 Å². The molecule has 0 radical (unpaired) electrons. The first kappa shape index (κ1) is 39.9. The van der Waals surface area contributed by atoms with Crippen LogP contribution in [0, 0.1) is 6.57 Å². The van der Waals surface area contributed by atoms with Gasteiger partial charge in [-0.05, 0) is 123 Å². The van der Waals surface area contributed by atoms with Crippen molar-refractivity contribution < 1.29 is 33.6 Å². The number of ketones is 1. The van der Waals surface area contributed by atoms with E-state index in [1.54, 1.807) is 38.5 Å². The van der Waals surface area contributed by atoms with Crippen molar-refractivity contribution in [2.75, 3.05) is 48.0 Å². The largest absolute Gasteiger partial charge is 0.493 e. The number of hydrogen-bond donors (Lipinski definition) is 1. The highest BCUT2D eigenvalue weighted by Gasteiger charge is 2.34. The second-order valence-corrected chi connectivity index (χ2v) is 15.7. The van der Waals surface area contributed by atoms with Gasteiger partial charge >= 0.3 is 0 Å². The zero-order chi connectivity index (χ0) is 41.0. The molecule has 0 aliphatic carbocycles.